The average molecular weight is 566 g/mol. The van der Waals surface area contributed by atoms with Crippen molar-refractivity contribution < 1.29 is 30.5 Å². The summed E-state index contributed by atoms with van der Waals surface area (Å²) in [5, 5.41) is -1.32. The monoisotopic (exact) mass is 565 g/mol. The van der Waals surface area contributed by atoms with Crippen LogP contribution in [0.5, 0.6) is 0 Å². The smallest absolute Gasteiger partial charge is 0.136 e. The third-order valence-corrected chi connectivity index (χ3v) is 7.49. The van der Waals surface area contributed by atoms with Crippen molar-refractivity contribution in [1.82, 2.24) is 0 Å². The molecule has 0 fully saturated rings. The Hall–Kier alpha value is -5.66. The lowest BCUT2D eigenvalue weighted by molar-refractivity contribution is 0.669. The first kappa shape index (κ1) is 11.9. The van der Waals surface area contributed by atoms with E-state index in [4.69, 9.17) is 18.1 Å². The van der Waals surface area contributed by atoms with Crippen LogP contribution in [-0.4, -0.2) is 0 Å². The van der Waals surface area contributed by atoms with E-state index in [1.165, 1.54) is 0 Å². The summed E-state index contributed by atoms with van der Waals surface area (Å²) in [5.41, 5.74) is -2.89. The van der Waals surface area contributed by atoms with Crippen molar-refractivity contribution in [2.45, 2.75) is 0 Å². The van der Waals surface area contributed by atoms with Gasteiger partial charge < -0.3 is 4.42 Å². The Kier molecular flexibility index (Phi) is 2.61. The molecule has 0 aliphatic rings. The average Bonchev–Trinajstić information content (AvgIpc) is 3.66. The van der Waals surface area contributed by atoms with Crippen LogP contribution in [0.3, 0.4) is 0 Å². The summed E-state index contributed by atoms with van der Waals surface area (Å²) in [6, 6.07) is -2.11. The maximum atomic E-state index is 9.44. The molecule has 0 bridgehead atoms. The van der Waals surface area contributed by atoms with Gasteiger partial charge in [-0.15, -0.1) is 0 Å². The Labute approximate surface area is 275 Å². The minimum Gasteiger partial charge on any atom is -0.456 e. The van der Waals surface area contributed by atoms with Crippen molar-refractivity contribution in [2.75, 3.05) is 0 Å². The van der Waals surface area contributed by atoms with Crippen molar-refractivity contribution in [2.24, 2.45) is 0 Å². The van der Waals surface area contributed by atoms with Crippen LogP contribution in [0, 0.1) is 0 Å². The molecule has 0 unspecified atom stereocenters. The number of furan rings is 1. The molecule has 0 amide bonds. The number of para-hydroxylation sites is 1. The van der Waals surface area contributed by atoms with Gasteiger partial charge in [0.1, 0.15) is 11.2 Å². The second kappa shape index (κ2) is 9.44. The van der Waals surface area contributed by atoms with Crippen LogP contribution >= 0.6 is 0 Å². The molecular weight excluding hydrogens is 520 g/mol. The molecule has 0 N–H and O–H groups in total. The molecule has 0 radical (unpaired) electrons. The maximum Gasteiger partial charge on any atom is 0.136 e. The summed E-state index contributed by atoms with van der Waals surface area (Å²) in [6.45, 7) is 0. The number of benzene rings is 8. The van der Waals surface area contributed by atoms with Gasteiger partial charge in [0, 0.05) is 10.8 Å². The fourth-order valence-corrected chi connectivity index (χ4v) is 5.60. The minimum absolute atomic E-state index is 0.111. The summed E-state index contributed by atoms with van der Waals surface area (Å²) in [5.74, 6) is 0. The normalized spacial score (nSPS) is 17.9. The highest BCUT2D eigenvalue weighted by atomic mass is 16.3. The van der Waals surface area contributed by atoms with Crippen LogP contribution < -0.4 is 0 Å². The predicted molar refractivity (Wildman–Crippen MR) is 183 cm³/mol. The van der Waals surface area contributed by atoms with Gasteiger partial charge in [0.25, 0.3) is 0 Å². The van der Waals surface area contributed by atoms with E-state index >= 15 is 0 Å². The van der Waals surface area contributed by atoms with Crippen LogP contribution in [0.1, 0.15) is 26.0 Å². The standard InChI is InChI=1S/C42H26O/c1-2-11-30-26-31(25-22-27(30)10-1)28-20-23-29(24-21-28)40-32-12-3-5-14-34(32)41(35-15-6-4-13-33(35)40)37-17-9-19-39-42(37)36-16-7-8-18-38(36)43-39/h1-26H/i3D,4D,5D,6D,7D,8D,9D,12D,13D,14D,15D,16D,17D,18D,19D,20D,21D,23D,24D. The largest absolute Gasteiger partial charge is 0.456 e. The molecule has 0 aliphatic heterocycles. The fourth-order valence-electron chi connectivity index (χ4n) is 5.60. The molecule has 1 heteroatoms. The third kappa shape index (κ3) is 3.72. The van der Waals surface area contributed by atoms with Crippen molar-refractivity contribution >= 4 is 54.3 Å². The SMILES string of the molecule is [2H]c1c([2H])c(-c2c3c([2H])c([2H])c([2H])c([2H])c3c(-c3c([2H])c([2H])c([2H])c4oc5c([2H])c([2H])c([2H])c([2H])c5c34)c3c([2H])c([2H])c([2H])c([2H])c23)c([2H])c([2H])c1-c1ccc2ccccc2c1. The van der Waals surface area contributed by atoms with E-state index in [-0.39, 0.29) is 16.3 Å². The van der Waals surface area contributed by atoms with E-state index in [0.29, 0.717) is 5.56 Å². The molecule has 0 atom stereocenters. The Morgan fingerprint density at radius 2 is 1.00 bits per heavy atom. The first-order chi connectivity index (χ1) is 29.2. The summed E-state index contributed by atoms with van der Waals surface area (Å²) in [4.78, 5) is 0. The molecule has 0 spiro atoms. The van der Waals surface area contributed by atoms with E-state index in [1.54, 1.807) is 24.3 Å². The Morgan fingerprint density at radius 1 is 0.419 bits per heavy atom. The summed E-state index contributed by atoms with van der Waals surface area (Å²) >= 11 is 0. The van der Waals surface area contributed by atoms with Crippen molar-refractivity contribution in [1.29, 1.82) is 0 Å². The topological polar surface area (TPSA) is 13.1 Å². The zero-order chi connectivity index (χ0) is 44.9. The molecule has 43 heavy (non-hydrogen) atoms. The fraction of sp³-hybridized carbons (Fsp3) is 0. The molecule has 200 valence electrons. The van der Waals surface area contributed by atoms with E-state index in [2.05, 4.69) is 0 Å². The Balaban J connectivity index is 1.58. The highest BCUT2D eigenvalue weighted by Crippen LogP contribution is 2.46. The Morgan fingerprint density at radius 3 is 1.72 bits per heavy atom. The number of fused-ring (bicyclic) bond motifs is 6. The van der Waals surface area contributed by atoms with Crippen LogP contribution in [0.25, 0.3) is 87.6 Å². The van der Waals surface area contributed by atoms with Gasteiger partial charge in [-0.2, -0.15) is 0 Å². The zero-order valence-electron chi connectivity index (χ0n) is 40.9. The minimum atomic E-state index is -0.856. The molecule has 0 saturated carbocycles. The first-order valence-electron chi connectivity index (χ1n) is 22.7. The molecule has 0 saturated heterocycles. The van der Waals surface area contributed by atoms with Gasteiger partial charge in [0.05, 0.1) is 26.0 Å². The number of hydrogen-bond acceptors (Lipinski definition) is 1. The molecule has 8 aromatic carbocycles. The van der Waals surface area contributed by atoms with Gasteiger partial charge >= 0.3 is 0 Å². The zero-order valence-corrected chi connectivity index (χ0v) is 21.9. The maximum absolute atomic E-state index is 9.44. The van der Waals surface area contributed by atoms with Gasteiger partial charge in [-0.25, -0.2) is 0 Å². The molecule has 9 aromatic rings. The molecule has 1 aromatic heterocycles. The predicted octanol–water partition coefficient (Wildman–Crippen LogP) is 12.0. The summed E-state index contributed by atoms with van der Waals surface area (Å²) in [6.07, 6.45) is 0. The number of rotatable bonds is 3. The van der Waals surface area contributed by atoms with Crippen molar-refractivity contribution in [3.8, 4) is 33.4 Å². The van der Waals surface area contributed by atoms with Crippen LogP contribution in [0.15, 0.2) is 162 Å². The van der Waals surface area contributed by atoms with Gasteiger partial charge in [0.15, 0.2) is 0 Å². The number of hydrogen-bond donors (Lipinski definition) is 0. The van der Waals surface area contributed by atoms with Crippen LogP contribution in [0.4, 0.5) is 0 Å². The summed E-state index contributed by atoms with van der Waals surface area (Å²) in [7, 11) is 0. The van der Waals surface area contributed by atoms with E-state index < -0.39 is 170 Å². The third-order valence-electron chi connectivity index (χ3n) is 7.49. The second-order valence-corrected chi connectivity index (χ2v) is 9.82. The van der Waals surface area contributed by atoms with E-state index in [9.17, 15) is 12.3 Å². The van der Waals surface area contributed by atoms with Crippen molar-refractivity contribution in [3.63, 3.8) is 0 Å². The highest BCUT2D eigenvalue weighted by Gasteiger charge is 2.20. The summed E-state index contributed by atoms with van der Waals surface area (Å²) < 4.78 is 177. The lowest BCUT2D eigenvalue weighted by atomic mass is 9.84. The van der Waals surface area contributed by atoms with Crippen LogP contribution in [-0.2, 0) is 0 Å². The van der Waals surface area contributed by atoms with Gasteiger partial charge in [-0.1, -0.05) is 139 Å². The van der Waals surface area contributed by atoms with E-state index in [0.717, 1.165) is 10.8 Å². The highest BCUT2D eigenvalue weighted by molar-refractivity contribution is 6.25. The molecule has 0 aliphatic carbocycles. The molecule has 1 nitrogen and oxygen atoms in total. The molecular formula is C42H26O. The first-order valence-corrected chi connectivity index (χ1v) is 13.2. The van der Waals surface area contributed by atoms with Gasteiger partial charge in [-0.05, 0) is 83.8 Å². The van der Waals surface area contributed by atoms with Gasteiger partial charge in [-0.3, -0.25) is 0 Å². The molecule has 1 heterocycles. The lowest BCUT2D eigenvalue weighted by Crippen LogP contribution is -1.91. The van der Waals surface area contributed by atoms with Gasteiger partial charge in [0.2, 0.25) is 0 Å². The van der Waals surface area contributed by atoms with Crippen LogP contribution in [0.2, 0.25) is 0 Å². The lowest BCUT2D eigenvalue weighted by Gasteiger charge is -2.18. The second-order valence-electron chi connectivity index (χ2n) is 9.82. The quantitative estimate of drug-likeness (QED) is 0.194. The van der Waals surface area contributed by atoms with Crippen molar-refractivity contribution in [3.05, 3.63) is 157 Å². The molecule has 9 rings (SSSR count). The Bertz CT molecular complexity index is 3460. The van der Waals surface area contributed by atoms with E-state index in [1.807, 2.05) is 18.2 Å².